The van der Waals surface area contributed by atoms with E-state index in [2.05, 4.69) is 10.6 Å². The Morgan fingerprint density at radius 2 is 2.17 bits per heavy atom. The van der Waals surface area contributed by atoms with Gasteiger partial charge in [0.15, 0.2) is 5.78 Å². The number of hydrogen-bond acceptors (Lipinski definition) is 5. The Morgan fingerprint density at radius 1 is 1.46 bits per heavy atom. The van der Waals surface area contributed by atoms with Crippen LogP contribution in [0.1, 0.15) is 43.8 Å². The van der Waals surface area contributed by atoms with E-state index in [1.54, 1.807) is 26.0 Å². The number of carbonyl (C=O) groups excluding carboxylic acids is 3. The van der Waals surface area contributed by atoms with Gasteiger partial charge in [0.05, 0.1) is 11.0 Å². The summed E-state index contributed by atoms with van der Waals surface area (Å²) in [5.41, 5.74) is -1.06. The van der Waals surface area contributed by atoms with E-state index in [-0.39, 0.29) is 30.1 Å². The monoisotopic (exact) mass is 352 g/mol. The first-order valence-electron chi connectivity index (χ1n) is 8.05. The molecule has 0 aromatic carbocycles. The Kier molecular flexibility index (Phi) is 5.77. The van der Waals surface area contributed by atoms with Crippen LogP contribution in [0.2, 0.25) is 0 Å². The molecule has 0 spiro atoms. The van der Waals surface area contributed by atoms with Crippen molar-refractivity contribution in [3.05, 3.63) is 22.4 Å². The summed E-state index contributed by atoms with van der Waals surface area (Å²) in [5.74, 6) is -0.582. The van der Waals surface area contributed by atoms with Crippen LogP contribution in [0.5, 0.6) is 0 Å². The van der Waals surface area contributed by atoms with Crippen molar-refractivity contribution in [2.24, 2.45) is 5.92 Å². The van der Waals surface area contributed by atoms with Crippen molar-refractivity contribution in [1.82, 2.24) is 10.6 Å². The van der Waals surface area contributed by atoms with Crippen LogP contribution in [0.25, 0.3) is 0 Å². The highest BCUT2D eigenvalue weighted by molar-refractivity contribution is 7.12. The number of ether oxygens (including phenoxy) is 1. The van der Waals surface area contributed by atoms with Crippen LogP contribution in [0, 0.1) is 5.92 Å². The maximum atomic E-state index is 12.7. The molecule has 2 heterocycles. The SMILES string of the molecule is CC(C)CC(NC(=O)c1cccs1)C(=O)NC1(C)C(=O)COC1C. The Labute approximate surface area is 146 Å². The van der Waals surface area contributed by atoms with E-state index in [0.717, 1.165) is 0 Å². The van der Waals surface area contributed by atoms with Gasteiger partial charge in [0, 0.05) is 0 Å². The van der Waals surface area contributed by atoms with Gasteiger partial charge in [0.25, 0.3) is 5.91 Å². The highest BCUT2D eigenvalue weighted by Gasteiger charge is 2.47. The zero-order chi connectivity index (χ0) is 17.9. The lowest BCUT2D eigenvalue weighted by Crippen LogP contribution is -2.60. The van der Waals surface area contributed by atoms with Crippen LogP contribution >= 0.6 is 11.3 Å². The molecule has 2 rings (SSSR count). The molecule has 1 aromatic heterocycles. The highest BCUT2D eigenvalue weighted by atomic mass is 32.1. The van der Waals surface area contributed by atoms with Crippen LogP contribution in [0.15, 0.2) is 17.5 Å². The van der Waals surface area contributed by atoms with E-state index in [1.165, 1.54) is 11.3 Å². The fourth-order valence-electron chi connectivity index (χ4n) is 2.60. The van der Waals surface area contributed by atoms with Gasteiger partial charge in [-0.1, -0.05) is 19.9 Å². The molecule has 3 atom stereocenters. The maximum Gasteiger partial charge on any atom is 0.261 e. The third-order valence-corrected chi connectivity index (χ3v) is 5.18. The molecule has 1 aliphatic rings. The standard InChI is InChI=1S/C17H24N2O4S/c1-10(2)8-12(18-16(22)13-6-5-7-24-13)15(21)19-17(4)11(3)23-9-14(17)20/h5-7,10-12H,8-9H2,1-4H3,(H,18,22)(H,19,21). The second kappa shape index (κ2) is 7.44. The molecule has 0 radical (unpaired) electrons. The number of hydrogen-bond donors (Lipinski definition) is 2. The van der Waals surface area contributed by atoms with E-state index < -0.39 is 17.7 Å². The normalized spacial score (nSPS) is 24.9. The van der Waals surface area contributed by atoms with Gasteiger partial charge >= 0.3 is 0 Å². The van der Waals surface area contributed by atoms with Crippen LogP contribution in [0.4, 0.5) is 0 Å². The van der Waals surface area contributed by atoms with Crippen molar-refractivity contribution >= 4 is 28.9 Å². The lowest BCUT2D eigenvalue weighted by molar-refractivity contribution is -0.130. The van der Waals surface area contributed by atoms with Crippen molar-refractivity contribution in [2.45, 2.75) is 51.8 Å². The van der Waals surface area contributed by atoms with Crippen LogP contribution in [-0.4, -0.2) is 41.9 Å². The minimum Gasteiger partial charge on any atom is -0.368 e. The molecule has 2 N–H and O–H groups in total. The number of Topliss-reactive ketones (excluding diaryl/α,β-unsaturated/α-hetero) is 1. The van der Waals surface area contributed by atoms with E-state index in [0.29, 0.717) is 11.3 Å². The Balaban J connectivity index is 2.10. The highest BCUT2D eigenvalue weighted by Crippen LogP contribution is 2.22. The van der Waals surface area contributed by atoms with Gasteiger partial charge in [-0.15, -0.1) is 11.3 Å². The Hall–Kier alpha value is -1.73. The topological polar surface area (TPSA) is 84.5 Å². The summed E-state index contributed by atoms with van der Waals surface area (Å²) in [4.78, 5) is 37.6. The molecule has 2 amide bonds. The first-order chi connectivity index (χ1) is 11.2. The first-order valence-corrected chi connectivity index (χ1v) is 8.93. The second-order valence-corrected chi connectivity index (χ2v) is 7.65. The minimum atomic E-state index is -1.06. The summed E-state index contributed by atoms with van der Waals surface area (Å²) in [5, 5.41) is 7.37. The first kappa shape index (κ1) is 18.6. The molecular formula is C17H24N2O4S. The van der Waals surface area contributed by atoms with Gasteiger partial charge in [-0.2, -0.15) is 0 Å². The zero-order valence-corrected chi connectivity index (χ0v) is 15.2. The molecule has 0 aliphatic carbocycles. The van der Waals surface area contributed by atoms with Gasteiger partial charge < -0.3 is 15.4 Å². The predicted octanol–water partition coefficient (Wildman–Crippen LogP) is 1.76. The third-order valence-electron chi connectivity index (χ3n) is 4.31. The van der Waals surface area contributed by atoms with Gasteiger partial charge in [0.2, 0.25) is 5.91 Å². The Morgan fingerprint density at radius 3 is 2.67 bits per heavy atom. The van der Waals surface area contributed by atoms with Crippen molar-refractivity contribution in [2.75, 3.05) is 6.61 Å². The summed E-state index contributed by atoms with van der Waals surface area (Å²) in [6, 6.07) is 2.80. The average molecular weight is 352 g/mol. The molecule has 1 aliphatic heterocycles. The maximum absolute atomic E-state index is 12.7. The van der Waals surface area contributed by atoms with Gasteiger partial charge in [-0.05, 0) is 37.6 Å². The summed E-state index contributed by atoms with van der Waals surface area (Å²) >= 11 is 1.32. The largest absolute Gasteiger partial charge is 0.368 e. The Bertz CT molecular complexity index is 614. The second-order valence-electron chi connectivity index (χ2n) is 6.70. The van der Waals surface area contributed by atoms with Gasteiger partial charge in [-0.25, -0.2) is 0 Å². The van der Waals surface area contributed by atoms with Gasteiger partial charge in [-0.3, -0.25) is 14.4 Å². The number of nitrogens with one attached hydrogen (secondary N) is 2. The molecule has 1 fully saturated rings. The smallest absolute Gasteiger partial charge is 0.261 e. The fourth-order valence-corrected chi connectivity index (χ4v) is 3.23. The van der Waals surface area contributed by atoms with Crippen LogP contribution in [0.3, 0.4) is 0 Å². The third kappa shape index (κ3) is 4.02. The molecular weight excluding hydrogens is 328 g/mol. The van der Waals surface area contributed by atoms with E-state index in [1.807, 2.05) is 19.2 Å². The van der Waals surface area contributed by atoms with Crippen LogP contribution < -0.4 is 10.6 Å². The molecule has 6 nitrogen and oxygen atoms in total. The molecule has 1 aromatic rings. The van der Waals surface area contributed by atoms with Gasteiger partial charge in [0.1, 0.15) is 18.2 Å². The zero-order valence-electron chi connectivity index (χ0n) is 14.4. The molecule has 24 heavy (non-hydrogen) atoms. The van der Waals surface area contributed by atoms with E-state index in [4.69, 9.17) is 4.74 Å². The summed E-state index contributed by atoms with van der Waals surface area (Å²) < 4.78 is 5.33. The molecule has 1 saturated heterocycles. The summed E-state index contributed by atoms with van der Waals surface area (Å²) in [7, 11) is 0. The van der Waals surface area contributed by atoms with E-state index in [9.17, 15) is 14.4 Å². The number of thiophene rings is 1. The summed E-state index contributed by atoms with van der Waals surface area (Å²) in [6.07, 6.45) is 0.0873. The number of ketones is 1. The van der Waals surface area contributed by atoms with E-state index >= 15 is 0 Å². The average Bonchev–Trinajstić information content (AvgIpc) is 3.11. The van der Waals surface area contributed by atoms with Crippen molar-refractivity contribution in [3.63, 3.8) is 0 Å². The number of rotatable bonds is 6. The van der Waals surface area contributed by atoms with Crippen molar-refractivity contribution in [3.8, 4) is 0 Å². The van der Waals surface area contributed by atoms with Crippen molar-refractivity contribution < 1.29 is 19.1 Å². The molecule has 3 unspecified atom stereocenters. The quantitative estimate of drug-likeness (QED) is 0.817. The molecule has 7 heteroatoms. The minimum absolute atomic E-state index is 0.00561. The number of amides is 2. The van der Waals surface area contributed by atoms with Crippen LogP contribution in [-0.2, 0) is 14.3 Å². The summed E-state index contributed by atoms with van der Waals surface area (Å²) in [6.45, 7) is 7.37. The molecule has 0 saturated carbocycles. The van der Waals surface area contributed by atoms with Crippen molar-refractivity contribution in [1.29, 1.82) is 0 Å². The fraction of sp³-hybridized carbons (Fsp3) is 0.588. The predicted molar refractivity (Wildman–Crippen MR) is 92.0 cm³/mol. The number of carbonyl (C=O) groups is 3. The lowest BCUT2D eigenvalue weighted by Gasteiger charge is -2.30. The molecule has 132 valence electrons. The molecule has 0 bridgehead atoms. The lowest BCUT2D eigenvalue weighted by atomic mass is 9.92.